The molecule has 5 heteroatoms. The second-order valence-electron chi connectivity index (χ2n) is 6.66. The molecule has 0 aliphatic carbocycles. The molecule has 1 spiro atoms. The Labute approximate surface area is 147 Å². The van der Waals surface area contributed by atoms with E-state index in [4.69, 9.17) is 5.84 Å². The number of nitrogens with two attached hydrogens (primary N) is 1. The molecule has 0 radical (unpaired) electrons. The van der Waals surface area contributed by atoms with Crippen LogP contribution in [0.2, 0.25) is 0 Å². The molecule has 4 rings (SSSR count). The van der Waals surface area contributed by atoms with Gasteiger partial charge in [0.2, 0.25) is 0 Å². The third-order valence-corrected chi connectivity index (χ3v) is 5.30. The van der Waals surface area contributed by atoms with Gasteiger partial charge in [-0.1, -0.05) is 43.5 Å². The van der Waals surface area contributed by atoms with Crippen LogP contribution in [-0.4, -0.2) is 22.7 Å². The first kappa shape index (κ1) is 15.7. The minimum atomic E-state index is 0.00973. The maximum Gasteiger partial charge on any atom is 0.148 e. The van der Waals surface area contributed by atoms with Crippen LogP contribution in [0.5, 0.6) is 0 Å². The lowest BCUT2D eigenvalue weighted by molar-refractivity contribution is 0.334. The lowest BCUT2D eigenvalue weighted by Gasteiger charge is -2.41. The molecule has 25 heavy (non-hydrogen) atoms. The highest BCUT2D eigenvalue weighted by atomic mass is 15.3. The fourth-order valence-corrected chi connectivity index (χ4v) is 3.73. The van der Waals surface area contributed by atoms with Crippen LogP contribution >= 0.6 is 0 Å². The number of fused-ring (bicyclic) bond motifs is 2. The molecular formula is C20H23N5. The Hall–Kier alpha value is -2.79. The van der Waals surface area contributed by atoms with Crippen LogP contribution in [0, 0.1) is 0 Å². The number of para-hydroxylation sites is 1. The maximum atomic E-state index is 6.21. The molecule has 0 atom stereocenters. The van der Waals surface area contributed by atoms with Crippen molar-refractivity contribution < 1.29 is 0 Å². The van der Waals surface area contributed by atoms with E-state index >= 15 is 0 Å². The summed E-state index contributed by atoms with van der Waals surface area (Å²) in [5.74, 6) is 6.99. The Balaban J connectivity index is 1.75. The molecule has 1 fully saturated rings. The van der Waals surface area contributed by atoms with Gasteiger partial charge in [0, 0.05) is 24.5 Å². The van der Waals surface area contributed by atoms with E-state index in [1.54, 1.807) is 4.68 Å². The molecule has 2 aliphatic heterocycles. The van der Waals surface area contributed by atoms with Crippen molar-refractivity contribution in [2.75, 3.05) is 23.8 Å². The quantitative estimate of drug-likeness (QED) is 0.814. The number of nitrogens with zero attached hydrogens (tertiary/aromatic N) is 3. The number of hydrogen-bond acceptors (Lipinski definition) is 4. The molecule has 1 saturated heterocycles. The Bertz CT molecular complexity index is 978. The lowest BCUT2D eigenvalue weighted by atomic mass is 9.75. The molecule has 3 N–H and O–H groups in total. The normalized spacial score (nSPS) is 19.0. The first-order valence-electron chi connectivity index (χ1n) is 8.50. The van der Waals surface area contributed by atoms with Crippen molar-refractivity contribution in [3.8, 4) is 0 Å². The monoisotopic (exact) mass is 333 g/mol. The molecule has 3 heterocycles. The van der Waals surface area contributed by atoms with Gasteiger partial charge in [0.05, 0.1) is 22.7 Å². The minimum Gasteiger partial charge on any atom is -0.337 e. The SMILES string of the molecule is C=C1N(Cc2n/c(=C/C=C\C)c(=C)n2N)c2ccccc2C12CNC2. The summed E-state index contributed by atoms with van der Waals surface area (Å²) < 4.78 is 1.58. The van der Waals surface area contributed by atoms with Crippen molar-refractivity contribution in [1.82, 2.24) is 15.0 Å². The summed E-state index contributed by atoms with van der Waals surface area (Å²) in [6.07, 6.45) is 5.83. The highest BCUT2D eigenvalue weighted by Gasteiger charge is 2.50. The van der Waals surface area contributed by atoms with Gasteiger partial charge in [-0.2, -0.15) is 0 Å². The van der Waals surface area contributed by atoms with Crippen LogP contribution in [-0.2, 0) is 12.0 Å². The highest BCUT2D eigenvalue weighted by molar-refractivity contribution is 5.71. The number of nitrogen functional groups attached to an aromatic ring is 1. The van der Waals surface area contributed by atoms with Gasteiger partial charge in [0.15, 0.2) is 0 Å². The van der Waals surface area contributed by atoms with Gasteiger partial charge in [0.25, 0.3) is 0 Å². The third kappa shape index (κ3) is 2.16. The van der Waals surface area contributed by atoms with Gasteiger partial charge in [-0.25, -0.2) is 9.66 Å². The van der Waals surface area contributed by atoms with Crippen molar-refractivity contribution >= 4 is 18.3 Å². The van der Waals surface area contributed by atoms with E-state index in [0.29, 0.717) is 11.9 Å². The average molecular weight is 333 g/mol. The van der Waals surface area contributed by atoms with E-state index in [1.165, 1.54) is 11.3 Å². The van der Waals surface area contributed by atoms with Crippen LogP contribution < -0.4 is 26.8 Å². The Morgan fingerprint density at radius 1 is 1.32 bits per heavy atom. The van der Waals surface area contributed by atoms with Crippen molar-refractivity contribution in [2.24, 2.45) is 0 Å². The molecule has 1 aromatic heterocycles. The summed E-state index contributed by atoms with van der Waals surface area (Å²) in [6, 6.07) is 8.51. The van der Waals surface area contributed by atoms with Gasteiger partial charge in [-0.15, -0.1) is 0 Å². The summed E-state index contributed by atoms with van der Waals surface area (Å²) in [5, 5.41) is 4.91. The number of rotatable bonds is 3. The second kappa shape index (κ2) is 5.63. The number of hydrogen-bond donors (Lipinski definition) is 2. The van der Waals surface area contributed by atoms with Crippen molar-refractivity contribution in [3.05, 3.63) is 70.8 Å². The number of allylic oxidation sites excluding steroid dienone is 2. The Morgan fingerprint density at radius 3 is 2.76 bits per heavy atom. The summed E-state index contributed by atoms with van der Waals surface area (Å²) in [4.78, 5) is 6.92. The molecule has 2 aromatic rings. The maximum absolute atomic E-state index is 6.21. The van der Waals surface area contributed by atoms with Gasteiger partial charge in [-0.05, 0) is 24.6 Å². The van der Waals surface area contributed by atoms with Gasteiger partial charge in [-0.3, -0.25) is 0 Å². The van der Waals surface area contributed by atoms with E-state index in [1.807, 2.05) is 25.2 Å². The van der Waals surface area contributed by atoms with Crippen molar-refractivity contribution in [3.63, 3.8) is 0 Å². The topological polar surface area (TPSA) is 59.1 Å². The molecular weight excluding hydrogens is 310 g/mol. The first-order chi connectivity index (χ1) is 12.1. The molecule has 0 bridgehead atoms. The summed E-state index contributed by atoms with van der Waals surface area (Å²) in [5.41, 5.74) is 3.65. The number of nitrogens with one attached hydrogen (secondary N) is 1. The summed E-state index contributed by atoms with van der Waals surface area (Å²) in [7, 11) is 0. The molecule has 1 aromatic carbocycles. The fraction of sp³-hybridized carbons (Fsp3) is 0.250. The smallest absolute Gasteiger partial charge is 0.148 e. The van der Waals surface area contributed by atoms with Gasteiger partial charge >= 0.3 is 0 Å². The summed E-state index contributed by atoms with van der Waals surface area (Å²) in [6.45, 7) is 12.9. The van der Waals surface area contributed by atoms with E-state index in [2.05, 4.69) is 52.6 Å². The van der Waals surface area contributed by atoms with Crippen LogP contribution in [0.15, 0.2) is 48.7 Å². The zero-order valence-corrected chi connectivity index (χ0v) is 14.5. The zero-order chi connectivity index (χ0) is 17.6. The van der Waals surface area contributed by atoms with E-state index in [9.17, 15) is 0 Å². The molecule has 128 valence electrons. The van der Waals surface area contributed by atoms with Crippen LogP contribution in [0.4, 0.5) is 5.69 Å². The van der Waals surface area contributed by atoms with Crippen LogP contribution in [0.3, 0.4) is 0 Å². The van der Waals surface area contributed by atoms with Crippen LogP contribution in [0.1, 0.15) is 18.3 Å². The van der Waals surface area contributed by atoms with E-state index in [0.717, 1.165) is 30.0 Å². The predicted octanol–water partition coefficient (Wildman–Crippen LogP) is 0.739. The van der Waals surface area contributed by atoms with E-state index < -0.39 is 0 Å². The van der Waals surface area contributed by atoms with Gasteiger partial charge in [0.1, 0.15) is 5.82 Å². The second-order valence-corrected chi connectivity index (χ2v) is 6.66. The minimum absolute atomic E-state index is 0.00973. The molecule has 2 aliphatic rings. The predicted molar refractivity (Wildman–Crippen MR) is 103 cm³/mol. The molecule has 0 amide bonds. The molecule has 0 saturated carbocycles. The van der Waals surface area contributed by atoms with E-state index in [-0.39, 0.29) is 5.41 Å². The number of anilines is 1. The average Bonchev–Trinajstić information content (AvgIpc) is 2.99. The molecule has 0 unspecified atom stereocenters. The number of imidazole rings is 1. The summed E-state index contributed by atoms with van der Waals surface area (Å²) >= 11 is 0. The molecule has 5 nitrogen and oxygen atoms in total. The Morgan fingerprint density at radius 2 is 2.08 bits per heavy atom. The number of benzene rings is 1. The standard InChI is InChI=1S/C20H23N5/c1-4-5-9-17-14(2)25(21)19(23-17)11-24-15(3)20(12-22-13-20)16-8-6-7-10-18(16)24/h4-10,22H,2-3,11-13,21H2,1H3/b5-4-,17-9+. The highest BCUT2D eigenvalue weighted by Crippen LogP contribution is 2.49. The number of aromatic nitrogens is 2. The first-order valence-corrected chi connectivity index (χ1v) is 8.50. The third-order valence-electron chi connectivity index (χ3n) is 5.30. The fourth-order valence-electron chi connectivity index (χ4n) is 3.73. The van der Waals surface area contributed by atoms with Crippen molar-refractivity contribution in [2.45, 2.75) is 18.9 Å². The lowest BCUT2D eigenvalue weighted by Crippen LogP contribution is -2.57. The van der Waals surface area contributed by atoms with Gasteiger partial charge < -0.3 is 16.1 Å². The van der Waals surface area contributed by atoms with Crippen molar-refractivity contribution in [1.29, 1.82) is 0 Å². The van der Waals surface area contributed by atoms with Crippen LogP contribution in [0.25, 0.3) is 12.7 Å². The largest absolute Gasteiger partial charge is 0.337 e. The zero-order valence-electron chi connectivity index (χ0n) is 14.5. The Kier molecular flexibility index (Phi) is 3.54.